The first-order valence-electron chi connectivity index (χ1n) is 8.81. The van der Waals surface area contributed by atoms with Crippen LogP contribution in [0.1, 0.15) is 37.0 Å². The number of benzene rings is 2. The molecule has 0 saturated carbocycles. The maximum absolute atomic E-state index is 12.4. The number of amides is 1. The van der Waals surface area contributed by atoms with Crippen molar-refractivity contribution in [2.75, 3.05) is 18.5 Å². The Bertz CT molecular complexity index is 781. The van der Waals surface area contributed by atoms with E-state index in [1.165, 1.54) is 0 Å². The van der Waals surface area contributed by atoms with Gasteiger partial charge in [0, 0.05) is 11.3 Å². The minimum Gasteiger partial charge on any atom is -0.494 e. The largest absolute Gasteiger partial charge is 0.494 e. The van der Waals surface area contributed by atoms with Crippen LogP contribution in [0.25, 0.3) is 0 Å². The van der Waals surface area contributed by atoms with Crippen molar-refractivity contribution >= 4 is 44.9 Å². The molecule has 2 aromatic carbocycles. The Morgan fingerprint density at radius 2 is 1.70 bits per heavy atom. The fourth-order valence-corrected chi connectivity index (χ4v) is 2.87. The van der Waals surface area contributed by atoms with Gasteiger partial charge in [-0.1, -0.05) is 13.8 Å². The Morgan fingerprint density at radius 1 is 1.04 bits per heavy atom. The summed E-state index contributed by atoms with van der Waals surface area (Å²) >= 11 is 8.65. The number of ether oxygens (including phenoxy) is 2. The number of carbonyl (C=O) groups is 1. The van der Waals surface area contributed by atoms with Gasteiger partial charge in [-0.25, -0.2) is 0 Å². The molecule has 0 atom stereocenters. The van der Waals surface area contributed by atoms with Gasteiger partial charge in [0.25, 0.3) is 5.91 Å². The summed E-state index contributed by atoms with van der Waals surface area (Å²) in [7, 11) is 0. The summed E-state index contributed by atoms with van der Waals surface area (Å²) in [5, 5.41) is 5.89. The first-order chi connectivity index (χ1) is 13.0. The lowest BCUT2D eigenvalue weighted by molar-refractivity contribution is 0.0977. The van der Waals surface area contributed by atoms with Crippen molar-refractivity contribution in [3.8, 4) is 11.5 Å². The van der Waals surface area contributed by atoms with Crippen LogP contribution in [0.5, 0.6) is 11.5 Å². The SMILES string of the molecule is CCCOc1ccc(NC(=S)NC(=O)c2ccc(OCCC)c(Br)c2)cc1. The Labute approximate surface area is 173 Å². The summed E-state index contributed by atoms with van der Waals surface area (Å²) in [6.07, 6.45) is 1.87. The predicted molar refractivity (Wildman–Crippen MR) is 116 cm³/mol. The number of carbonyl (C=O) groups excluding carboxylic acids is 1. The summed E-state index contributed by atoms with van der Waals surface area (Å²) in [5.41, 5.74) is 1.26. The monoisotopic (exact) mass is 450 g/mol. The molecule has 0 aliphatic carbocycles. The molecule has 0 spiro atoms. The van der Waals surface area contributed by atoms with Crippen LogP contribution in [-0.4, -0.2) is 24.2 Å². The van der Waals surface area contributed by atoms with Crippen molar-refractivity contribution in [1.82, 2.24) is 5.32 Å². The van der Waals surface area contributed by atoms with Gasteiger partial charge < -0.3 is 14.8 Å². The molecule has 27 heavy (non-hydrogen) atoms. The van der Waals surface area contributed by atoms with Crippen molar-refractivity contribution < 1.29 is 14.3 Å². The number of halogens is 1. The van der Waals surface area contributed by atoms with Gasteiger partial charge in [-0.2, -0.15) is 0 Å². The van der Waals surface area contributed by atoms with Gasteiger partial charge in [-0.05, 0) is 83.5 Å². The molecule has 0 aliphatic rings. The summed E-state index contributed by atoms with van der Waals surface area (Å²) in [5.74, 6) is 1.21. The van der Waals surface area contributed by atoms with E-state index in [0.717, 1.165) is 28.8 Å². The molecule has 2 rings (SSSR count). The molecule has 0 bridgehead atoms. The van der Waals surface area contributed by atoms with E-state index in [4.69, 9.17) is 21.7 Å². The van der Waals surface area contributed by atoms with E-state index in [-0.39, 0.29) is 11.0 Å². The fraction of sp³-hybridized carbons (Fsp3) is 0.300. The van der Waals surface area contributed by atoms with Gasteiger partial charge in [-0.3, -0.25) is 10.1 Å². The van der Waals surface area contributed by atoms with Crippen molar-refractivity contribution in [1.29, 1.82) is 0 Å². The topological polar surface area (TPSA) is 59.6 Å². The number of rotatable bonds is 8. The second kappa shape index (κ2) is 10.9. The van der Waals surface area contributed by atoms with Crippen LogP contribution < -0.4 is 20.1 Å². The van der Waals surface area contributed by atoms with E-state index in [1.807, 2.05) is 31.2 Å². The molecular weight excluding hydrogens is 428 g/mol. The maximum atomic E-state index is 12.4. The Balaban J connectivity index is 1.91. The molecule has 2 N–H and O–H groups in total. The molecule has 0 fully saturated rings. The van der Waals surface area contributed by atoms with E-state index >= 15 is 0 Å². The number of hydrogen-bond donors (Lipinski definition) is 2. The zero-order valence-corrected chi connectivity index (χ0v) is 17.8. The lowest BCUT2D eigenvalue weighted by Crippen LogP contribution is -2.34. The number of anilines is 1. The molecule has 1 amide bonds. The summed E-state index contributed by atoms with van der Waals surface area (Å²) < 4.78 is 11.9. The predicted octanol–water partition coefficient (Wildman–Crippen LogP) is 5.15. The van der Waals surface area contributed by atoms with Gasteiger partial charge in [0.05, 0.1) is 17.7 Å². The van der Waals surface area contributed by atoms with Crippen LogP contribution in [0.3, 0.4) is 0 Å². The lowest BCUT2D eigenvalue weighted by Gasteiger charge is -2.12. The smallest absolute Gasteiger partial charge is 0.257 e. The second-order valence-electron chi connectivity index (χ2n) is 5.77. The van der Waals surface area contributed by atoms with E-state index in [1.54, 1.807) is 18.2 Å². The van der Waals surface area contributed by atoms with Gasteiger partial charge in [-0.15, -0.1) is 0 Å². The minimum atomic E-state index is -0.293. The molecule has 0 aliphatic heterocycles. The zero-order chi connectivity index (χ0) is 19.6. The van der Waals surface area contributed by atoms with Crippen LogP contribution in [0.4, 0.5) is 5.69 Å². The van der Waals surface area contributed by atoms with Crippen molar-refractivity contribution in [2.24, 2.45) is 0 Å². The summed E-state index contributed by atoms with van der Waals surface area (Å²) in [6.45, 7) is 5.40. The normalized spacial score (nSPS) is 10.2. The van der Waals surface area contributed by atoms with Gasteiger partial charge in [0.1, 0.15) is 11.5 Å². The molecule has 144 valence electrons. The molecule has 0 saturated heterocycles. The van der Waals surface area contributed by atoms with Crippen molar-refractivity contribution in [3.05, 3.63) is 52.5 Å². The molecule has 0 heterocycles. The highest BCUT2D eigenvalue weighted by molar-refractivity contribution is 9.10. The molecule has 0 aromatic heterocycles. The van der Waals surface area contributed by atoms with Crippen molar-refractivity contribution in [2.45, 2.75) is 26.7 Å². The first-order valence-corrected chi connectivity index (χ1v) is 10.0. The second-order valence-corrected chi connectivity index (χ2v) is 7.04. The molecule has 7 heteroatoms. The average Bonchev–Trinajstić information content (AvgIpc) is 2.66. The average molecular weight is 451 g/mol. The highest BCUT2D eigenvalue weighted by Crippen LogP contribution is 2.26. The number of thiocarbonyl (C=S) groups is 1. The third kappa shape index (κ3) is 6.84. The maximum Gasteiger partial charge on any atom is 0.257 e. The Hall–Kier alpha value is -2.12. The fourth-order valence-electron chi connectivity index (χ4n) is 2.16. The van der Waals surface area contributed by atoms with Crippen LogP contribution in [0, 0.1) is 0 Å². The number of hydrogen-bond acceptors (Lipinski definition) is 4. The highest BCUT2D eigenvalue weighted by atomic mass is 79.9. The van der Waals surface area contributed by atoms with Gasteiger partial charge in [0.2, 0.25) is 0 Å². The third-order valence-electron chi connectivity index (χ3n) is 3.47. The van der Waals surface area contributed by atoms with Gasteiger partial charge in [0.15, 0.2) is 5.11 Å². The highest BCUT2D eigenvalue weighted by Gasteiger charge is 2.11. The van der Waals surface area contributed by atoms with Crippen LogP contribution in [-0.2, 0) is 0 Å². The zero-order valence-electron chi connectivity index (χ0n) is 15.4. The van der Waals surface area contributed by atoms with Gasteiger partial charge >= 0.3 is 0 Å². The number of nitrogens with one attached hydrogen (secondary N) is 2. The molecule has 2 aromatic rings. The first kappa shape index (κ1) is 21.2. The Kier molecular flexibility index (Phi) is 8.54. The molecular formula is C20H23BrN2O3S. The standard InChI is InChI=1S/C20H23BrN2O3S/c1-3-11-25-16-8-6-15(7-9-16)22-20(27)23-19(24)14-5-10-18(17(21)13-14)26-12-4-2/h5-10,13H,3-4,11-12H2,1-2H3,(H2,22,23,24,27). The van der Waals surface area contributed by atoms with E-state index < -0.39 is 0 Å². The Morgan fingerprint density at radius 3 is 2.33 bits per heavy atom. The quantitative estimate of drug-likeness (QED) is 0.544. The summed E-state index contributed by atoms with van der Waals surface area (Å²) in [4.78, 5) is 12.4. The van der Waals surface area contributed by atoms with Crippen LogP contribution >= 0.6 is 28.1 Å². The molecule has 0 unspecified atom stereocenters. The lowest BCUT2D eigenvalue weighted by atomic mass is 10.2. The van der Waals surface area contributed by atoms with E-state index in [9.17, 15) is 4.79 Å². The molecule has 5 nitrogen and oxygen atoms in total. The van der Waals surface area contributed by atoms with Crippen molar-refractivity contribution in [3.63, 3.8) is 0 Å². The third-order valence-corrected chi connectivity index (χ3v) is 4.29. The van der Waals surface area contributed by atoms with E-state index in [2.05, 4.69) is 33.5 Å². The minimum absolute atomic E-state index is 0.227. The van der Waals surface area contributed by atoms with Crippen LogP contribution in [0.2, 0.25) is 0 Å². The van der Waals surface area contributed by atoms with Crippen LogP contribution in [0.15, 0.2) is 46.9 Å². The van der Waals surface area contributed by atoms with E-state index in [0.29, 0.717) is 24.5 Å². The summed E-state index contributed by atoms with van der Waals surface area (Å²) in [6, 6.07) is 12.6. The molecule has 0 radical (unpaired) electrons.